The van der Waals surface area contributed by atoms with Gasteiger partial charge in [0.05, 0.1) is 12.5 Å². The topological polar surface area (TPSA) is 119 Å². The minimum atomic E-state index is -5.13. The second kappa shape index (κ2) is 9.59. The minimum absolute atomic E-state index is 0.00472. The number of nitrogens with one attached hydrogen (secondary N) is 2. The smallest absolute Gasteiger partial charge is 0.465 e. The number of hydrogen-bond donors (Lipinski definition) is 3. The van der Waals surface area contributed by atoms with E-state index in [4.69, 9.17) is 5.11 Å². The van der Waals surface area contributed by atoms with Gasteiger partial charge in [0.1, 0.15) is 0 Å². The fourth-order valence-electron chi connectivity index (χ4n) is 3.12. The van der Waals surface area contributed by atoms with Crippen molar-refractivity contribution in [1.82, 2.24) is 15.8 Å². The molecule has 3 rings (SSSR count). The molecule has 0 radical (unpaired) electrons. The SMILES string of the molecule is O=C(NNC(=O)C(F)(F)F)c1ccc(CN(C(=O)C2CN(C(=O)O)C2)c2ccccc2)cc1. The Labute approximate surface area is 185 Å². The van der Waals surface area contributed by atoms with E-state index >= 15 is 0 Å². The van der Waals surface area contributed by atoms with Gasteiger partial charge >= 0.3 is 18.2 Å². The summed E-state index contributed by atoms with van der Waals surface area (Å²) >= 11 is 0. The third-order valence-corrected chi connectivity index (χ3v) is 4.94. The lowest BCUT2D eigenvalue weighted by molar-refractivity contribution is -0.174. The number of carbonyl (C=O) groups excluding carboxylic acids is 3. The molecule has 4 amide bonds. The first kappa shape index (κ1) is 23.6. The molecule has 1 aliphatic rings. The number of nitrogens with zero attached hydrogens (tertiary/aromatic N) is 2. The number of benzene rings is 2. The van der Waals surface area contributed by atoms with Crippen LogP contribution in [0.25, 0.3) is 0 Å². The van der Waals surface area contributed by atoms with E-state index in [1.165, 1.54) is 34.6 Å². The van der Waals surface area contributed by atoms with Crippen molar-refractivity contribution in [2.24, 2.45) is 5.92 Å². The standard InChI is InChI=1S/C21H19F3N4O5/c22-21(23,24)19(31)26-25-17(29)14-8-6-13(7-9-14)10-28(16-4-2-1-3-5-16)18(30)15-11-27(12-15)20(32)33/h1-9,15H,10-12H2,(H,25,29)(H,26,31)(H,32,33). The van der Waals surface area contributed by atoms with Crippen LogP contribution in [0, 0.1) is 5.92 Å². The number of rotatable bonds is 5. The van der Waals surface area contributed by atoms with Gasteiger partial charge in [-0.2, -0.15) is 13.2 Å². The van der Waals surface area contributed by atoms with E-state index in [1.807, 2.05) is 0 Å². The van der Waals surface area contributed by atoms with Crippen molar-refractivity contribution in [3.05, 3.63) is 65.7 Å². The van der Waals surface area contributed by atoms with Crippen LogP contribution in [0.5, 0.6) is 0 Å². The largest absolute Gasteiger partial charge is 0.472 e. The molecule has 3 N–H and O–H groups in total. The lowest BCUT2D eigenvalue weighted by Gasteiger charge is -2.38. The van der Waals surface area contributed by atoms with Crippen molar-refractivity contribution in [2.45, 2.75) is 12.7 Å². The molecule has 9 nitrogen and oxygen atoms in total. The first-order chi connectivity index (χ1) is 15.6. The molecular weight excluding hydrogens is 445 g/mol. The molecule has 1 fully saturated rings. The first-order valence-corrected chi connectivity index (χ1v) is 9.67. The van der Waals surface area contributed by atoms with Gasteiger partial charge in [0.25, 0.3) is 5.91 Å². The summed E-state index contributed by atoms with van der Waals surface area (Å²) in [5.74, 6) is -3.99. The molecule has 0 unspecified atom stereocenters. The number of alkyl halides is 3. The Kier molecular flexibility index (Phi) is 6.85. The average Bonchev–Trinajstić information content (AvgIpc) is 2.74. The third-order valence-electron chi connectivity index (χ3n) is 4.94. The van der Waals surface area contributed by atoms with Crippen molar-refractivity contribution in [2.75, 3.05) is 18.0 Å². The van der Waals surface area contributed by atoms with Gasteiger partial charge in [-0.25, -0.2) is 4.79 Å². The molecule has 1 aliphatic heterocycles. The van der Waals surface area contributed by atoms with Crippen molar-refractivity contribution in [3.63, 3.8) is 0 Å². The highest BCUT2D eigenvalue weighted by Crippen LogP contribution is 2.24. The molecule has 174 valence electrons. The van der Waals surface area contributed by atoms with Crippen molar-refractivity contribution in [3.8, 4) is 0 Å². The van der Waals surface area contributed by atoms with Gasteiger partial charge in [0, 0.05) is 24.3 Å². The van der Waals surface area contributed by atoms with Crippen molar-refractivity contribution >= 4 is 29.5 Å². The van der Waals surface area contributed by atoms with E-state index in [0.717, 1.165) is 4.90 Å². The lowest BCUT2D eigenvalue weighted by Crippen LogP contribution is -2.56. The highest BCUT2D eigenvalue weighted by molar-refractivity contribution is 5.97. The molecule has 1 saturated heterocycles. The van der Waals surface area contributed by atoms with Crippen LogP contribution >= 0.6 is 0 Å². The number of anilines is 1. The molecule has 0 aliphatic carbocycles. The number of para-hydroxylation sites is 1. The van der Waals surface area contributed by atoms with Gasteiger partial charge in [-0.1, -0.05) is 30.3 Å². The van der Waals surface area contributed by atoms with Crippen molar-refractivity contribution in [1.29, 1.82) is 0 Å². The average molecular weight is 464 g/mol. The zero-order chi connectivity index (χ0) is 24.2. The summed E-state index contributed by atoms with van der Waals surface area (Å²) in [5.41, 5.74) is 4.18. The molecule has 1 heterocycles. The Bertz CT molecular complexity index is 1040. The number of carbonyl (C=O) groups is 4. The van der Waals surface area contributed by atoms with Crippen LogP contribution in [0.4, 0.5) is 23.7 Å². The van der Waals surface area contributed by atoms with Gasteiger partial charge in [-0.15, -0.1) is 0 Å². The Morgan fingerprint density at radius 2 is 1.58 bits per heavy atom. The van der Waals surface area contributed by atoms with E-state index in [1.54, 1.807) is 35.8 Å². The number of halogens is 3. The van der Waals surface area contributed by atoms with Crippen LogP contribution in [-0.2, 0) is 16.1 Å². The Balaban J connectivity index is 1.68. The summed E-state index contributed by atoms with van der Waals surface area (Å²) in [6.07, 6.45) is -6.22. The van der Waals surface area contributed by atoms with Gasteiger partial charge in [0.2, 0.25) is 5.91 Å². The molecule has 0 spiro atoms. The first-order valence-electron chi connectivity index (χ1n) is 9.67. The summed E-state index contributed by atoms with van der Waals surface area (Å²) in [7, 11) is 0. The van der Waals surface area contributed by atoms with Crippen LogP contribution in [-0.4, -0.2) is 53.1 Å². The second-order valence-electron chi connectivity index (χ2n) is 7.25. The molecule has 2 aromatic rings. The lowest BCUT2D eigenvalue weighted by atomic mass is 9.98. The van der Waals surface area contributed by atoms with E-state index in [-0.39, 0.29) is 31.1 Å². The summed E-state index contributed by atoms with van der Waals surface area (Å²) in [6.45, 7) is 0.319. The monoisotopic (exact) mass is 464 g/mol. The van der Waals surface area contributed by atoms with Gasteiger partial charge in [-0.3, -0.25) is 25.2 Å². The molecule has 33 heavy (non-hydrogen) atoms. The maximum absolute atomic E-state index is 13.0. The highest BCUT2D eigenvalue weighted by Gasteiger charge is 2.39. The maximum Gasteiger partial charge on any atom is 0.472 e. The predicted octanol–water partition coefficient (Wildman–Crippen LogP) is 2.15. The molecule has 2 aromatic carbocycles. The number of carboxylic acid groups (broad SMARTS) is 1. The highest BCUT2D eigenvalue weighted by atomic mass is 19.4. The molecule has 0 aromatic heterocycles. The van der Waals surface area contributed by atoms with Gasteiger partial charge in [-0.05, 0) is 29.8 Å². The number of likely N-dealkylation sites (tertiary alicyclic amines) is 1. The summed E-state index contributed by atoms with van der Waals surface area (Å²) in [5, 5.41) is 8.99. The maximum atomic E-state index is 13.0. The van der Waals surface area contributed by atoms with Crippen LogP contribution < -0.4 is 15.8 Å². The van der Waals surface area contributed by atoms with Crippen LogP contribution in [0.1, 0.15) is 15.9 Å². The summed E-state index contributed by atoms with van der Waals surface area (Å²) < 4.78 is 36.6. The minimum Gasteiger partial charge on any atom is -0.465 e. The second-order valence-corrected chi connectivity index (χ2v) is 7.25. The normalized spacial score (nSPS) is 13.6. The zero-order valence-electron chi connectivity index (χ0n) is 17.0. The van der Waals surface area contributed by atoms with Crippen molar-refractivity contribution < 1.29 is 37.5 Å². The molecule has 0 bridgehead atoms. The molecule has 0 atom stereocenters. The van der Waals surface area contributed by atoms with E-state index in [2.05, 4.69) is 0 Å². The number of amides is 4. The van der Waals surface area contributed by atoms with Crippen LogP contribution in [0.3, 0.4) is 0 Å². The van der Waals surface area contributed by atoms with Crippen LogP contribution in [0.15, 0.2) is 54.6 Å². The Morgan fingerprint density at radius 1 is 0.970 bits per heavy atom. The fraction of sp³-hybridized carbons (Fsp3) is 0.238. The quantitative estimate of drug-likeness (QED) is 0.586. The predicted molar refractivity (Wildman–Crippen MR) is 109 cm³/mol. The molecule has 0 saturated carbocycles. The van der Waals surface area contributed by atoms with E-state index < -0.39 is 30.0 Å². The van der Waals surface area contributed by atoms with Gasteiger partial charge < -0.3 is 14.9 Å². The van der Waals surface area contributed by atoms with E-state index in [9.17, 15) is 32.3 Å². The summed E-state index contributed by atoms with van der Waals surface area (Å²) in [4.78, 5) is 49.4. The summed E-state index contributed by atoms with van der Waals surface area (Å²) in [6, 6.07) is 14.5. The Morgan fingerprint density at radius 3 is 2.12 bits per heavy atom. The number of hydrogen-bond acceptors (Lipinski definition) is 4. The molecule has 12 heteroatoms. The Hall–Kier alpha value is -4.09. The van der Waals surface area contributed by atoms with E-state index in [0.29, 0.717) is 11.3 Å². The van der Waals surface area contributed by atoms with Gasteiger partial charge in [0.15, 0.2) is 0 Å². The van der Waals surface area contributed by atoms with Crippen LogP contribution in [0.2, 0.25) is 0 Å². The number of hydrazine groups is 1. The fourth-order valence-corrected chi connectivity index (χ4v) is 3.12. The zero-order valence-corrected chi connectivity index (χ0v) is 17.0. The third kappa shape index (κ3) is 5.79. The molecular formula is C21H19F3N4O5.